The van der Waals surface area contributed by atoms with Gasteiger partial charge in [-0.05, 0) is 37.6 Å². The summed E-state index contributed by atoms with van der Waals surface area (Å²) in [5.74, 6) is -0.542. The summed E-state index contributed by atoms with van der Waals surface area (Å²) in [5.41, 5.74) is 1.12. The molecule has 0 heterocycles. The highest BCUT2D eigenvalue weighted by molar-refractivity contribution is 5.89. The highest BCUT2D eigenvalue weighted by Gasteiger charge is 2.18. The summed E-state index contributed by atoms with van der Waals surface area (Å²) in [6.45, 7) is 3.52. The number of benzene rings is 1. The van der Waals surface area contributed by atoms with Crippen LogP contribution in [0, 0.1) is 12.7 Å². The molecule has 0 aliphatic carbocycles. The summed E-state index contributed by atoms with van der Waals surface area (Å²) in [4.78, 5) is 24.7. The summed E-state index contributed by atoms with van der Waals surface area (Å²) in [6.07, 6.45) is 0.211. The lowest BCUT2D eigenvalue weighted by molar-refractivity contribution is -0.121. The molecule has 0 saturated heterocycles. The van der Waals surface area contributed by atoms with Crippen LogP contribution in [0.3, 0.4) is 0 Å². The molecule has 0 aromatic heterocycles. The number of halogens is 1. The molecule has 20 heavy (non-hydrogen) atoms. The third-order valence-corrected chi connectivity index (χ3v) is 3.03. The van der Waals surface area contributed by atoms with Crippen LogP contribution in [0.15, 0.2) is 18.2 Å². The van der Waals surface area contributed by atoms with Gasteiger partial charge in [0.25, 0.3) is 0 Å². The first-order valence-corrected chi connectivity index (χ1v) is 6.35. The van der Waals surface area contributed by atoms with E-state index in [0.29, 0.717) is 5.69 Å². The van der Waals surface area contributed by atoms with Crippen LogP contribution >= 0.6 is 0 Å². The molecular weight excluding hydrogens is 261 g/mol. The Labute approximate surface area is 118 Å². The molecule has 0 aliphatic rings. The molecule has 0 aliphatic heterocycles. The number of carbonyl (C=O) groups is 2. The van der Waals surface area contributed by atoms with Crippen molar-refractivity contribution in [3.05, 3.63) is 29.6 Å². The predicted molar refractivity (Wildman–Crippen MR) is 76.1 cm³/mol. The molecule has 0 radical (unpaired) electrons. The Kier molecular flexibility index (Phi) is 5.49. The van der Waals surface area contributed by atoms with E-state index in [-0.39, 0.29) is 24.4 Å². The van der Waals surface area contributed by atoms with Crippen molar-refractivity contribution in [3.63, 3.8) is 0 Å². The molecule has 0 bridgehead atoms. The SMILES string of the molecule is CNC(=O)C[C@@H](C)N(C)C(=O)Nc1cc(C)cc(F)c1. The van der Waals surface area contributed by atoms with Crippen LogP contribution < -0.4 is 10.6 Å². The number of carbonyl (C=O) groups excluding carboxylic acids is 2. The molecule has 0 fully saturated rings. The molecule has 5 nitrogen and oxygen atoms in total. The first kappa shape index (κ1) is 15.9. The van der Waals surface area contributed by atoms with Crippen LogP contribution in [0.4, 0.5) is 14.9 Å². The second-order valence-corrected chi connectivity index (χ2v) is 4.78. The van der Waals surface area contributed by atoms with Crippen molar-refractivity contribution in [2.45, 2.75) is 26.3 Å². The lowest BCUT2D eigenvalue weighted by Gasteiger charge is -2.24. The molecule has 0 unspecified atom stereocenters. The van der Waals surface area contributed by atoms with Crippen LogP contribution in [0.1, 0.15) is 18.9 Å². The summed E-state index contributed by atoms with van der Waals surface area (Å²) in [5, 5.41) is 5.12. The van der Waals surface area contributed by atoms with Gasteiger partial charge in [-0.2, -0.15) is 0 Å². The van der Waals surface area contributed by atoms with Crippen molar-refractivity contribution in [2.24, 2.45) is 0 Å². The van der Waals surface area contributed by atoms with Crippen molar-refractivity contribution in [1.82, 2.24) is 10.2 Å². The highest BCUT2D eigenvalue weighted by Crippen LogP contribution is 2.14. The topological polar surface area (TPSA) is 61.4 Å². The molecule has 1 atom stereocenters. The standard InChI is InChI=1S/C14H20FN3O2/c1-9-5-11(15)8-12(6-9)17-14(20)18(4)10(2)7-13(19)16-3/h5-6,8,10H,7H2,1-4H3,(H,16,19)(H,17,20)/t10-/m1/s1. The number of hydrogen-bond donors (Lipinski definition) is 2. The van der Waals surface area contributed by atoms with Gasteiger partial charge in [0.1, 0.15) is 5.82 Å². The van der Waals surface area contributed by atoms with Crippen LogP contribution in [0.2, 0.25) is 0 Å². The lowest BCUT2D eigenvalue weighted by Crippen LogP contribution is -2.40. The molecule has 110 valence electrons. The molecular formula is C14H20FN3O2. The van der Waals surface area contributed by atoms with Crippen molar-refractivity contribution in [3.8, 4) is 0 Å². The van der Waals surface area contributed by atoms with E-state index in [1.807, 2.05) is 0 Å². The predicted octanol–water partition coefficient (Wildman–Crippen LogP) is 2.12. The van der Waals surface area contributed by atoms with E-state index < -0.39 is 5.82 Å². The maximum Gasteiger partial charge on any atom is 0.321 e. The van der Waals surface area contributed by atoms with Crippen LogP contribution in [-0.2, 0) is 4.79 Å². The fraction of sp³-hybridized carbons (Fsp3) is 0.429. The first-order valence-electron chi connectivity index (χ1n) is 6.35. The summed E-state index contributed by atoms with van der Waals surface area (Å²) >= 11 is 0. The number of aryl methyl sites for hydroxylation is 1. The van der Waals surface area contributed by atoms with Gasteiger partial charge in [0.05, 0.1) is 0 Å². The van der Waals surface area contributed by atoms with E-state index >= 15 is 0 Å². The molecule has 2 N–H and O–H groups in total. The van der Waals surface area contributed by atoms with E-state index in [2.05, 4.69) is 10.6 Å². The lowest BCUT2D eigenvalue weighted by atomic mass is 10.2. The summed E-state index contributed by atoms with van der Waals surface area (Å²) in [6, 6.07) is 3.67. The van der Waals surface area contributed by atoms with Gasteiger partial charge in [0.2, 0.25) is 5.91 Å². The molecule has 0 spiro atoms. The van der Waals surface area contributed by atoms with Crippen molar-refractivity contribution >= 4 is 17.6 Å². The number of urea groups is 1. The average Bonchev–Trinajstić information content (AvgIpc) is 2.36. The zero-order chi connectivity index (χ0) is 15.3. The monoisotopic (exact) mass is 281 g/mol. The van der Waals surface area contributed by atoms with E-state index in [9.17, 15) is 14.0 Å². The van der Waals surface area contributed by atoms with Crippen molar-refractivity contribution in [1.29, 1.82) is 0 Å². The number of rotatable bonds is 4. The van der Waals surface area contributed by atoms with E-state index in [1.54, 1.807) is 34.0 Å². The summed E-state index contributed by atoms with van der Waals surface area (Å²) in [7, 11) is 3.14. The Balaban J connectivity index is 2.67. The third-order valence-electron chi connectivity index (χ3n) is 3.03. The van der Waals surface area contributed by atoms with Gasteiger partial charge in [0, 0.05) is 32.2 Å². The zero-order valence-electron chi connectivity index (χ0n) is 12.2. The minimum Gasteiger partial charge on any atom is -0.359 e. The van der Waals surface area contributed by atoms with Crippen LogP contribution in [-0.4, -0.2) is 37.0 Å². The van der Waals surface area contributed by atoms with E-state index in [0.717, 1.165) is 5.56 Å². The van der Waals surface area contributed by atoms with E-state index in [4.69, 9.17) is 0 Å². The number of hydrogen-bond acceptors (Lipinski definition) is 2. The van der Waals surface area contributed by atoms with Gasteiger partial charge < -0.3 is 15.5 Å². The number of nitrogens with zero attached hydrogens (tertiary/aromatic N) is 1. The molecule has 6 heteroatoms. The average molecular weight is 281 g/mol. The van der Waals surface area contributed by atoms with Gasteiger partial charge in [0.15, 0.2) is 0 Å². The molecule has 3 amide bonds. The Morgan fingerprint density at radius 3 is 2.55 bits per heavy atom. The molecule has 1 aromatic rings. The molecule has 0 saturated carbocycles. The number of nitrogens with one attached hydrogen (secondary N) is 2. The van der Waals surface area contributed by atoms with Gasteiger partial charge >= 0.3 is 6.03 Å². The van der Waals surface area contributed by atoms with Crippen molar-refractivity contribution < 1.29 is 14.0 Å². The Morgan fingerprint density at radius 1 is 1.35 bits per heavy atom. The minimum absolute atomic E-state index is 0.140. The molecule has 1 aromatic carbocycles. The second kappa shape index (κ2) is 6.88. The number of anilines is 1. The van der Waals surface area contributed by atoms with Gasteiger partial charge in [-0.25, -0.2) is 9.18 Å². The smallest absolute Gasteiger partial charge is 0.321 e. The molecule has 1 rings (SSSR count). The van der Waals surface area contributed by atoms with Gasteiger partial charge in [-0.3, -0.25) is 4.79 Å². The Bertz CT molecular complexity index is 485. The van der Waals surface area contributed by atoms with E-state index in [1.165, 1.54) is 17.0 Å². The third kappa shape index (κ3) is 4.53. The second-order valence-electron chi connectivity index (χ2n) is 4.78. The van der Waals surface area contributed by atoms with Gasteiger partial charge in [-0.1, -0.05) is 0 Å². The first-order chi connectivity index (χ1) is 9.33. The fourth-order valence-corrected chi connectivity index (χ4v) is 1.73. The van der Waals surface area contributed by atoms with Gasteiger partial charge in [-0.15, -0.1) is 0 Å². The fourth-order valence-electron chi connectivity index (χ4n) is 1.73. The minimum atomic E-state index is -0.402. The van der Waals surface area contributed by atoms with Crippen molar-refractivity contribution in [2.75, 3.05) is 19.4 Å². The maximum absolute atomic E-state index is 13.2. The highest BCUT2D eigenvalue weighted by atomic mass is 19.1. The zero-order valence-corrected chi connectivity index (χ0v) is 12.2. The summed E-state index contributed by atoms with van der Waals surface area (Å²) < 4.78 is 13.2. The normalized spacial score (nSPS) is 11.7. The maximum atomic E-state index is 13.2. The van der Waals surface area contributed by atoms with Crippen LogP contribution in [0.25, 0.3) is 0 Å². The quantitative estimate of drug-likeness (QED) is 0.888. The number of amides is 3. The Morgan fingerprint density at radius 2 is 2.00 bits per heavy atom. The Hall–Kier alpha value is -2.11. The largest absolute Gasteiger partial charge is 0.359 e. The van der Waals surface area contributed by atoms with Crippen LogP contribution in [0.5, 0.6) is 0 Å².